The van der Waals surface area contributed by atoms with Crippen LogP contribution in [0.4, 0.5) is 9.93 Å². The van der Waals surface area contributed by atoms with E-state index in [0.29, 0.717) is 37.9 Å². The minimum atomic E-state index is -0.709. The molecule has 0 bridgehead atoms. The summed E-state index contributed by atoms with van der Waals surface area (Å²) in [5, 5.41) is 6.28. The molecule has 3 aromatic rings. The van der Waals surface area contributed by atoms with Crippen molar-refractivity contribution in [1.82, 2.24) is 15.2 Å². The second-order valence-corrected chi connectivity index (χ2v) is 7.80. The van der Waals surface area contributed by atoms with E-state index in [1.807, 2.05) is 54.6 Å². The Morgan fingerprint density at radius 3 is 2.55 bits per heavy atom. The van der Waals surface area contributed by atoms with Crippen molar-refractivity contribution in [1.29, 1.82) is 0 Å². The maximum absolute atomic E-state index is 13.0. The van der Waals surface area contributed by atoms with Gasteiger partial charge >= 0.3 is 6.03 Å². The van der Waals surface area contributed by atoms with Gasteiger partial charge in [0.2, 0.25) is 5.91 Å². The predicted octanol–water partition coefficient (Wildman–Crippen LogP) is 2.89. The van der Waals surface area contributed by atoms with Crippen LogP contribution in [0.25, 0.3) is 10.2 Å². The maximum Gasteiger partial charge on any atom is 0.318 e. The third kappa shape index (κ3) is 4.90. The maximum atomic E-state index is 13.0. The molecular weight excluding hydrogens is 388 g/mol. The summed E-state index contributed by atoms with van der Waals surface area (Å²) in [6.45, 7) is 2.05. The number of benzene rings is 2. The fourth-order valence-electron chi connectivity index (χ4n) is 3.18. The Kier molecular flexibility index (Phi) is 6.02. The summed E-state index contributed by atoms with van der Waals surface area (Å²) in [6.07, 6.45) is 0.396. The van der Waals surface area contributed by atoms with Crippen molar-refractivity contribution in [2.75, 3.05) is 31.6 Å². The molecule has 0 saturated carbocycles. The van der Waals surface area contributed by atoms with E-state index in [0.717, 1.165) is 15.8 Å². The monoisotopic (exact) mass is 410 g/mol. The number of morpholine rings is 1. The van der Waals surface area contributed by atoms with Crippen molar-refractivity contribution in [3.63, 3.8) is 0 Å². The number of nitrogens with one attached hydrogen (secondary N) is 2. The second kappa shape index (κ2) is 9.02. The van der Waals surface area contributed by atoms with Crippen LogP contribution in [0.3, 0.4) is 0 Å². The van der Waals surface area contributed by atoms with Crippen LogP contribution in [0, 0.1) is 0 Å². The smallest absolute Gasteiger partial charge is 0.318 e. The molecule has 1 aromatic heterocycles. The highest BCUT2D eigenvalue weighted by Gasteiger charge is 2.25. The van der Waals surface area contributed by atoms with E-state index in [2.05, 4.69) is 15.6 Å². The SMILES string of the molecule is O=C(Nc1nc2ccccc2s1)[C@@H](Cc1ccccc1)NC(=O)N1CCOCC1. The van der Waals surface area contributed by atoms with Crippen LogP contribution in [-0.4, -0.2) is 54.2 Å². The van der Waals surface area contributed by atoms with Gasteiger partial charge in [-0.05, 0) is 17.7 Å². The lowest BCUT2D eigenvalue weighted by atomic mass is 10.1. The van der Waals surface area contributed by atoms with E-state index in [1.54, 1.807) is 4.90 Å². The van der Waals surface area contributed by atoms with E-state index in [1.165, 1.54) is 11.3 Å². The number of fused-ring (bicyclic) bond motifs is 1. The van der Waals surface area contributed by atoms with E-state index in [4.69, 9.17) is 4.74 Å². The number of hydrogen-bond acceptors (Lipinski definition) is 5. The molecule has 0 spiro atoms. The number of aromatic nitrogens is 1. The number of carbonyl (C=O) groups excluding carboxylic acids is 2. The molecule has 150 valence electrons. The highest BCUT2D eigenvalue weighted by Crippen LogP contribution is 2.25. The number of hydrogen-bond donors (Lipinski definition) is 2. The molecule has 4 rings (SSSR count). The van der Waals surface area contributed by atoms with Gasteiger partial charge in [-0.15, -0.1) is 0 Å². The van der Waals surface area contributed by atoms with Crippen LogP contribution < -0.4 is 10.6 Å². The number of nitrogens with zero attached hydrogens (tertiary/aromatic N) is 2. The topological polar surface area (TPSA) is 83.6 Å². The normalized spacial score (nSPS) is 15.1. The Labute approximate surface area is 172 Å². The summed E-state index contributed by atoms with van der Waals surface area (Å²) >= 11 is 1.41. The molecule has 0 unspecified atom stereocenters. The number of para-hydroxylation sites is 1. The van der Waals surface area contributed by atoms with Crippen LogP contribution in [0.2, 0.25) is 0 Å². The third-order valence-electron chi connectivity index (χ3n) is 4.72. The van der Waals surface area contributed by atoms with Crippen LogP contribution in [0.5, 0.6) is 0 Å². The molecule has 3 amide bonds. The molecule has 8 heteroatoms. The highest BCUT2D eigenvalue weighted by molar-refractivity contribution is 7.22. The number of ether oxygens (including phenoxy) is 1. The summed E-state index contributed by atoms with van der Waals surface area (Å²) in [7, 11) is 0. The predicted molar refractivity (Wildman–Crippen MR) is 113 cm³/mol. The Hall–Kier alpha value is -2.97. The number of urea groups is 1. The zero-order valence-electron chi connectivity index (χ0n) is 15.8. The third-order valence-corrected chi connectivity index (χ3v) is 5.67. The molecule has 1 aliphatic rings. The summed E-state index contributed by atoms with van der Waals surface area (Å²) in [5.41, 5.74) is 1.81. The van der Waals surface area contributed by atoms with Gasteiger partial charge in [0.1, 0.15) is 6.04 Å². The van der Waals surface area contributed by atoms with Crippen LogP contribution in [-0.2, 0) is 16.0 Å². The highest BCUT2D eigenvalue weighted by atomic mass is 32.1. The lowest BCUT2D eigenvalue weighted by Crippen LogP contribution is -2.53. The van der Waals surface area contributed by atoms with Gasteiger partial charge in [0, 0.05) is 19.5 Å². The first kappa shape index (κ1) is 19.4. The summed E-state index contributed by atoms with van der Waals surface area (Å²) in [4.78, 5) is 31.8. The van der Waals surface area contributed by atoms with Crippen molar-refractivity contribution in [3.8, 4) is 0 Å². The summed E-state index contributed by atoms with van der Waals surface area (Å²) < 4.78 is 6.30. The van der Waals surface area contributed by atoms with Gasteiger partial charge < -0.3 is 20.3 Å². The Morgan fingerprint density at radius 2 is 1.79 bits per heavy atom. The first-order valence-electron chi connectivity index (χ1n) is 9.52. The van der Waals surface area contributed by atoms with Crippen molar-refractivity contribution in [2.45, 2.75) is 12.5 Å². The van der Waals surface area contributed by atoms with Crippen molar-refractivity contribution < 1.29 is 14.3 Å². The Balaban J connectivity index is 1.49. The fraction of sp³-hybridized carbons (Fsp3) is 0.286. The molecule has 0 aliphatic carbocycles. The van der Waals surface area contributed by atoms with Gasteiger partial charge in [0.25, 0.3) is 0 Å². The zero-order valence-corrected chi connectivity index (χ0v) is 16.7. The van der Waals surface area contributed by atoms with Gasteiger partial charge in [-0.1, -0.05) is 53.8 Å². The molecular formula is C21H22N4O3S. The summed E-state index contributed by atoms with van der Waals surface area (Å²) in [6, 6.07) is 16.4. The van der Waals surface area contributed by atoms with Crippen LogP contribution in [0.15, 0.2) is 54.6 Å². The van der Waals surface area contributed by atoms with Crippen LogP contribution in [0.1, 0.15) is 5.56 Å². The molecule has 7 nitrogen and oxygen atoms in total. The molecule has 2 heterocycles. The summed E-state index contributed by atoms with van der Waals surface area (Å²) in [5.74, 6) is -0.283. The van der Waals surface area contributed by atoms with Gasteiger partial charge in [0.15, 0.2) is 5.13 Å². The molecule has 1 aliphatic heterocycles. The lowest BCUT2D eigenvalue weighted by molar-refractivity contribution is -0.118. The van der Waals surface area contributed by atoms with E-state index in [9.17, 15) is 9.59 Å². The van der Waals surface area contributed by atoms with Gasteiger partial charge in [0.05, 0.1) is 23.4 Å². The van der Waals surface area contributed by atoms with Crippen molar-refractivity contribution in [3.05, 3.63) is 60.2 Å². The second-order valence-electron chi connectivity index (χ2n) is 6.77. The van der Waals surface area contributed by atoms with Crippen molar-refractivity contribution >= 4 is 38.6 Å². The first-order chi connectivity index (χ1) is 14.2. The minimum absolute atomic E-state index is 0.256. The molecule has 1 fully saturated rings. The molecule has 1 atom stereocenters. The molecule has 29 heavy (non-hydrogen) atoms. The zero-order chi connectivity index (χ0) is 20.1. The number of anilines is 1. The molecule has 0 radical (unpaired) electrons. The first-order valence-corrected chi connectivity index (χ1v) is 10.3. The van der Waals surface area contributed by atoms with Gasteiger partial charge in [-0.25, -0.2) is 9.78 Å². The Morgan fingerprint density at radius 1 is 1.07 bits per heavy atom. The van der Waals surface area contributed by atoms with Gasteiger partial charge in [-0.3, -0.25) is 4.79 Å². The van der Waals surface area contributed by atoms with Crippen LogP contribution >= 0.6 is 11.3 Å². The number of carbonyl (C=O) groups is 2. The van der Waals surface area contributed by atoms with E-state index < -0.39 is 6.04 Å². The largest absolute Gasteiger partial charge is 0.378 e. The van der Waals surface area contributed by atoms with Crippen molar-refractivity contribution in [2.24, 2.45) is 0 Å². The quantitative estimate of drug-likeness (QED) is 0.678. The average Bonchev–Trinajstić information content (AvgIpc) is 3.17. The number of amides is 3. The average molecular weight is 410 g/mol. The van der Waals surface area contributed by atoms with Gasteiger partial charge in [-0.2, -0.15) is 0 Å². The molecule has 1 saturated heterocycles. The minimum Gasteiger partial charge on any atom is -0.378 e. The fourth-order valence-corrected chi connectivity index (χ4v) is 4.05. The standard InChI is InChI=1S/C21H22N4O3S/c26-19(24-20-22-16-8-4-5-9-18(16)29-20)17(14-15-6-2-1-3-7-15)23-21(27)25-10-12-28-13-11-25/h1-9,17H,10-14H2,(H,23,27)(H,22,24,26)/t17-/m1/s1. The lowest BCUT2D eigenvalue weighted by Gasteiger charge is -2.29. The van der Waals surface area contributed by atoms with E-state index in [-0.39, 0.29) is 11.9 Å². The van der Waals surface area contributed by atoms with E-state index >= 15 is 0 Å². The molecule has 2 aromatic carbocycles. The number of rotatable bonds is 5. The molecule has 2 N–H and O–H groups in total. The Bertz CT molecular complexity index is 953. The number of thiazole rings is 1.